The van der Waals surface area contributed by atoms with Crippen LogP contribution in [0.25, 0.3) is 0 Å². The molecule has 0 saturated carbocycles. The summed E-state index contributed by atoms with van der Waals surface area (Å²) in [7, 11) is 0. The highest BCUT2D eigenvalue weighted by molar-refractivity contribution is 5.82. The van der Waals surface area contributed by atoms with Gasteiger partial charge in [-0.25, -0.2) is 0 Å². The number of rotatable bonds is 4. The molecule has 0 aliphatic carbocycles. The molecule has 4 heteroatoms. The van der Waals surface area contributed by atoms with Crippen molar-refractivity contribution in [2.24, 2.45) is 11.7 Å². The van der Waals surface area contributed by atoms with Crippen molar-refractivity contribution >= 4 is 11.6 Å². The van der Waals surface area contributed by atoms with Crippen molar-refractivity contribution in [1.29, 1.82) is 0 Å². The zero-order valence-corrected chi connectivity index (χ0v) is 13.2. The summed E-state index contributed by atoms with van der Waals surface area (Å²) in [6, 6.07) is 10.0. The first kappa shape index (κ1) is 15.8. The molecule has 2 rings (SSSR count). The molecule has 0 bridgehead atoms. The number of nitrogens with two attached hydrogens (primary N) is 1. The number of hydrogen-bond acceptors (Lipinski definition) is 3. The highest BCUT2D eigenvalue weighted by Gasteiger charge is 2.26. The minimum atomic E-state index is -0.363. The maximum absolute atomic E-state index is 12.5. The molecule has 2 N–H and O–H groups in total. The van der Waals surface area contributed by atoms with Gasteiger partial charge in [-0.15, -0.1) is 0 Å². The predicted octanol–water partition coefficient (Wildman–Crippen LogP) is 2.10. The SMILES string of the molecule is CCC(C)C(N)C(=O)N1CCCN(c2ccccc2)CC1. The van der Waals surface area contributed by atoms with Crippen molar-refractivity contribution in [3.05, 3.63) is 30.3 Å². The lowest BCUT2D eigenvalue weighted by Gasteiger charge is -2.27. The first-order valence-corrected chi connectivity index (χ1v) is 7.97. The Bertz CT molecular complexity index is 449. The monoisotopic (exact) mass is 289 g/mol. The quantitative estimate of drug-likeness (QED) is 0.923. The molecule has 21 heavy (non-hydrogen) atoms. The fourth-order valence-electron chi connectivity index (χ4n) is 2.74. The van der Waals surface area contributed by atoms with E-state index in [0.717, 1.165) is 39.0 Å². The highest BCUT2D eigenvalue weighted by atomic mass is 16.2. The summed E-state index contributed by atoms with van der Waals surface area (Å²) in [5, 5.41) is 0. The van der Waals surface area contributed by atoms with E-state index in [0.29, 0.717) is 0 Å². The van der Waals surface area contributed by atoms with Gasteiger partial charge in [-0.2, -0.15) is 0 Å². The molecule has 0 spiro atoms. The van der Waals surface area contributed by atoms with E-state index in [9.17, 15) is 4.79 Å². The fourth-order valence-corrected chi connectivity index (χ4v) is 2.74. The predicted molar refractivity (Wildman–Crippen MR) is 87.3 cm³/mol. The van der Waals surface area contributed by atoms with Crippen LogP contribution in [0.5, 0.6) is 0 Å². The third-order valence-electron chi connectivity index (χ3n) is 4.47. The van der Waals surface area contributed by atoms with E-state index in [-0.39, 0.29) is 17.9 Å². The van der Waals surface area contributed by atoms with Crippen LogP contribution in [0.1, 0.15) is 26.7 Å². The van der Waals surface area contributed by atoms with Crippen LogP contribution >= 0.6 is 0 Å². The van der Waals surface area contributed by atoms with E-state index >= 15 is 0 Å². The average molecular weight is 289 g/mol. The molecule has 1 aliphatic heterocycles. The lowest BCUT2D eigenvalue weighted by Crippen LogP contribution is -2.48. The van der Waals surface area contributed by atoms with Gasteiger partial charge in [0.1, 0.15) is 0 Å². The molecule has 1 aromatic carbocycles. The van der Waals surface area contributed by atoms with Crippen LogP contribution in [-0.4, -0.2) is 43.0 Å². The summed E-state index contributed by atoms with van der Waals surface area (Å²) in [5.74, 6) is 0.352. The van der Waals surface area contributed by atoms with Crippen LogP contribution in [0.3, 0.4) is 0 Å². The molecule has 1 amide bonds. The van der Waals surface area contributed by atoms with Crippen LogP contribution in [0.2, 0.25) is 0 Å². The Labute approximate surface area is 127 Å². The second kappa shape index (κ2) is 7.46. The van der Waals surface area contributed by atoms with E-state index in [1.54, 1.807) is 0 Å². The molecular formula is C17H27N3O. The molecule has 1 aromatic rings. The van der Waals surface area contributed by atoms with Gasteiger partial charge in [-0.3, -0.25) is 4.79 Å². The van der Waals surface area contributed by atoms with Crippen molar-refractivity contribution in [3.8, 4) is 0 Å². The van der Waals surface area contributed by atoms with Crippen molar-refractivity contribution in [1.82, 2.24) is 4.90 Å². The van der Waals surface area contributed by atoms with E-state index in [2.05, 4.69) is 43.0 Å². The summed E-state index contributed by atoms with van der Waals surface area (Å²) in [5.41, 5.74) is 7.33. The average Bonchev–Trinajstić information content (AvgIpc) is 2.79. The van der Waals surface area contributed by atoms with Gasteiger partial charge in [0, 0.05) is 31.9 Å². The fraction of sp³-hybridized carbons (Fsp3) is 0.588. The Morgan fingerprint density at radius 1 is 1.19 bits per heavy atom. The molecule has 2 atom stereocenters. The van der Waals surface area contributed by atoms with Crippen LogP contribution < -0.4 is 10.6 Å². The first-order chi connectivity index (χ1) is 10.1. The standard InChI is InChI=1S/C17H27N3O/c1-3-14(2)16(18)17(21)20-11-7-10-19(12-13-20)15-8-5-4-6-9-15/h4-6,8-9,14,16H,3,7,10-13,18H2,1-2H3. The third kappa shape index (κ3) is 3.97. The van der Waals surface area contributed by atoms with Gasteiger partial charge >= 0.3 is 0 Å². The molecule has 116 valence electrons. The van der Waals surface area contributed by atoms with Crippen LogP contribution in [0.15, 0.2) is 30.3 Å². The van der Waals surface area contributed by atoms with Gasteiger partial charge in [-0.05, 0) is 24.5 Å². The number of carbonyl (C=O) groups excluding carboxylic acids is 1. The topological polar surface area (TPSA) is 49.6 Å². The Hall–Kier alpha value is -1.55. The smallest absolute Gasteiger partial charge is 0.239 e. The van der Waals surface area contributed by atoms with Crippen molar-refractivity contribution in [3.63, 3.8) is 0 Å². The Kier molecular flexibility index (Phi) is 5.62. The largest absolute Gasteiger partial charge is 0.370 e. The van der Waals surface area contributed by atoms with Gasteiger partial charge in [-0.1, -0.05) is 38.5 Å². The van der Waals surface area contributed by atoms with E-state index in [1.807, 2.05) is 11.0 Å². The summed E-state index contributed by atoms with van der Waals surface area (Å²) in [4.78, 5) is 16.8. The zero-order chi connectivity index (χ0) is 15.2. The van der Waals surface area contributed by atoms with Crippen LogP contribution in [-0.2, 0) is 4.79 Å². The van der Waals surface area contributed by atoms with Crippen LogP contribution in [0, 0.1) is 5.92 Å². The molecule has 1 aliphatic rings. The van der Waals surface area contributed by atoms with Crippen LogP contribution in [0.4, 0.5) is 5.69 Å². The Morgan fingerprint density at radius 2 is 1.90 bits per heavy atom. The van der Waals surface area contributed by atoms with Gasteiger partial charge in [0.25, 0.3) is 0 Å². The van der Waals surface area contributed by atoms with Crippen molar-refractivity contribution in [2.75, 3.05) is 31.1 Å². The lowest BCUT2D eigenvalue weighted by atomic mass is 9.99. The Balaban J connectivity index is 1.96. The minimum absolute atomic E-state index is 0.110. The summed E-state index contributed by atoms with van der Waals surface area (Å²) < 4.78 is 0. The van der Waals surface area contributed by atoms with Gasteiger partial charge in [0.2, 0.25) is 5.91 Å². The van der Waals surface area contributed by atoms with Gasteiger partial charge < -0.3 is 15.5 Å². The number of nitrogens with zero attached hydrogens (tertiary/aromatic N) is 2. The number of carbonyl (C=O) groups is 1. The van der Waals surface area contributed by atoms with E-state index in [4.69, 9.17) is 5.73 Å². The van der Waals surface area contributed by atoms with Crippen molar-refractivity contribution < 1.29 is 4.79 Å². The number of benzene rings is 1. The Morgan fingerprint density at radius 3 is 2.57 bits per heavy atom. The second-order valence-electron chi connectivity index (χ2n) is 5.91. The summed E-state index contributed by atoms with van der Waals surface area (Å²) >= 11 is 0. The minimum Gasteiger partial charge on any atom is -0.370 e. The first-order valence-electron chi connectivity index (χ1n) is 7.97. The lowest BCUT2D eigenvalue weighted by molar-refractivity contribution is -0.133. The van der Waals surface area contributed by atoms with Gasteiger partial charge in [0.15, 0.2) is 0 Å². The maximum atomic E-state index is 12.5. The molecule has 1 saturated heterocycles. The number of amides is 1. The van der Waals surface area contributed by atoms with E-state index in [1.165, 1.54) is 5.69 Å². The third-order valence-corrected chi connectivity index (χ3v) is 4.47. The maximum Gasteiger partial charge on any atom is 0.239 e. The number of hydrogen-bond donors (Lipinski definition) is 1. The number of anilines is 1. The highest BCUT2D eigenvalue weighted by Crippen LogP contribution is 2.17. The summed E-state index contributed by atoms with van der Waals surface area (Å²) in [6.07, 6.45) is 1.94. The normalized spacial score (nSPS) is 19.0. The molecule has 0 radical (unpaired) electrons. The molecule has 2 unspecified atom stereocenters. The molecule has 1 fully saturated rings. The molecule has 0 aromatic heterocycles. The van der Waals surface area contributed by atoms with Gasteiger partial charge in [0.05, 0.1) is 6.04 Å². The second-order valence-corrected chi connectivity index (χ2v) is 5.91. The zero-order valence-electron chi connectivity index (χ0n) is 13.2. The molecule has 4 nitrogen and oxygen atoms in total. The number of para-hydroxylation sites is 1. The van der Waals surface area contributed by atoms with Crippen molar-refractivity contribution in [2.45, 2.75) is 32.7 Å². The van der Waals surface area contributed by atoms with E-state index < -0.39 is 0 Å². The molecule has 1 heterocycles. The summed E-state index contributed by atoms with van der Waals surface area (Å²) in [6.45, 7) is 7.58. The molecular weight excluding hydrogens is 262 g/mol.